The van der Waals surface area contributed by atoms with Crippen molar-refractivity contribution in [3.8, 4) is 0 Å². The average molecular weight is 402 g/mol. The number of aromatic nitrogens is 2. The normalized spacial score (nSPS) is 24.9. The van der Waals surface area contributed by atoms with Crippen molar-refractivity contribution in [2.75, 3.05) is 11.5 Å². The summed E-state index contributed by atoms with van der Waals surface area (Å²) in [6.07, 6.45) is 8.10. The lowest BCUT2D eigenvalue weighted by Gasteiger charge is -2.18. The first-order valence-electron chi connectivity index (χ1n) is 9.41. The first kappa shape index (κ1) is 19.7. The minimum Gasteiger partial charge on any atom is -0.416 e. The van der Waals surface area contributed by atoms with Crippen LogP contribution >= 0.6 is 11.8 Å². The summed E-state index contributed by atoms with van der Waals surface area (Å²) in [5.41, 5.74) is 0. The van der Waals surface area contributed by atoms with Crippen LogP contribution in [0.1, 0.15) is 57.8 Å². The summed E-state index contributed by atoms with van der Waals surface area (Å²) in [7, 11) is -2.90. The van der Waals surface area contributed by atoms with Crippen LogP contribution in [0.25, 0.3) is 0 Å². The van der Waals surface area contributed by atoms with Crippen molar-refractivity contribution in [1.29, 1.82) is 0 Å². The number of nitrogens with zero attached hydrogens (tertiary/aromatic N) is 2. The van der Waals surface area contributed by atoms with Crippen molar-refractivity contribution < 1.29 is 17.6 Å². The zero-order valence-electron chi connectivity index (χ0n) is 15.1. The van der Waals surface area contributed by atoms with Gasteiger partial charge in [0, 0.05) is 12.5 Å². The van der Waals surface area contributed by atoms with Gasteiger partial charge in [0.2, 0.25) is 11.8 Å². The molecule has 7 nitrogen and oxygen atoms in total. The fraction of sp³-hybridized carbons (Fsp3) is 0.824. The molecule has 0 bridgehead atoms. The summed E-state index contributed by atoms with van der Waals surface area (Å²) in [4.78, 5) is 12.4. The lowest BCUT2D eigenvalue weighted by Crippen LogP contribution is -2.39. The molecule has 2 atom stereocenters. The maximum atomic E-state index is 12.4. The lowest BCUT2D eigenvalue weighted by molar-refractivity contribution is -0.121. The SMILES string of the molecule is C[C@H](Sc1nnc(C[C@@H]2CCS(=O)(=O)C2)o1)C(=O)NC1CCCCCC1. The van der Waals surface area contributed by atoms with Crippen LogP contribution in [0.5, 0.6) is 0 Å². The van der Waals surface area contributed by atoms with Crippen LogP contribution < -0.4 is 5.32 Å². The Labute approximate surface area is 159 Å². The third-order valence-corrected chi connectivity index (χ3v) is 7.86. The molecule has 1 aromatic rings. The number of rotatable bonds is 6. The molecule has 2 heterocycles. The smallest absolute Gasteiger partial charge is 0.277 e. The molecule has 1 amide bonds. The van der Waals surface area contributed by atoms with Gasteiger partial charge in [0.15, 0.2) is 9.84 Å². The van der Waals surface area contributed by atoms with Gasteiger partial charge in [0.25, 0.3) is 5.22 Å². The Morgan fingerprint density at radius 2 is 1.96 bits per heavy atom. The van der Waals surface area contributed by atoms with E-state index in [1.807, 2.05) is 6.92 Å². The molecule has 0 spiro atoms. The molecule has 1 saturated heterocycles. The minimum absolute atomic E-state index is 0.00327. The molecule has 2 aliphatic rings. The predicted octanol–water partition coefficient (Wildman–Crippen LogP) is 2.37. The number of nitrogens with one attached hydrogen (secondary N) is 1. The maximum Gasteiger partial charge on any atom is 0.277 e. The number of hydrogen-bond acceptors (Lipinski definition) is 7. The van der Waals surface area contributed by atoms with Crippen LogP contribution in [-0.4, -0.2) is 47.3 Å². The van der Waals surface area contributed by atoms with Gasteiger partial charge < -0.3 is 9.73 Å². The molecule has 146 valence electrons. The Morgan fingerprint density at radius 1 is 1.23 bits per heavy atom. The van der Waals surface area contributed by atoms with Crippen LogP contribution in [0.3, 0.4) is 0 Å². The number of amides is 1. The second-order valence-corrected chi connectivity index (χ2v) is 10.9. The molecule has 1 N–H and O–H groups in total. The number of sulfone groups is 1. The van der Waals surface area contributed by atoms with Crippen LogP contribution in [0, 0.1) is 5.92 Å². The molecule has 1 aromatic heterocycles. The molecule has 1 aliphatic heterocycles. The zero-order chi connectivity index (χ0) is 18.6. The fourth-order valence-corrected chi connectivity index (χ4v) is 6.17. The van der Waals surface area contributed by atoms with Crippen LogP contribution in [0.4, 0.5) is 0 Å². The van der Waals surface area contributed by atoms with E-state index < -0.39 is 9.84 Å². The summed E-state index contributed by atoms with van der Waals surface area (Å²) in [6.45, 7) is 1.84. The van der Waals surface area contributed by atoms with Crippen LogP contribution in [-0.2, 0) is 21.1 Å². The first-order chi connectivity index (χ1) is 12.4. The molecule has 2 fully saturated rings. The Hall–Kier alpha value is -1.09. The van der Waals surface area contributed by atoms with Gasteiger partial charge in [-0.1, -0.05) is 37.4 Å². The van der Waals surface area contributed by atoms with Crippen molar-refractivity contribution >= 4 is 27.5 Å². The van der Waals surface area contributed by atoms with Crippen LogP contribution in [0.2, 0.25) is 0 Å². The third kappa shape index (κ3) is 5.70. The molecule has 1 aliphatic carbocycles. The first-order valence-corrected chi connectivity index (χ1v) is 12.1. The van der Waals surface area contributed by atoms with E-state index in [1.165, 1.54) is 37.4 Å². The highest BCUT2D eigenvalue weighted by Gasteiger charge is 2.29. The molecule has 26 heavy (non-hydrogen) atoms. The second-order valence-electron chi connectivity index (χ2n) is 7.39. The summed E-state index contributed by atoms with van der Waals surface area (Å²) in [6, 6.07) is 0.274. The standard InChI is InChI=1S/C17H27N3O4S2/c1-12(16(21)18-14-6-4-2-3-5-7-14)25-17-20-19-15(24-17)10-13-8-9-26(22,23)11-13/h12-14H,2-11H2,1H3,(H,18,21)/t12-,13-/m0/s1. The van der Waals surface area contributed by atoms with Gasteiger partial charge in [-0.3, -0.25) is 4.79 Å². The quantitative estimate of drug-likeness (QED) is 0.576. The van der Waals surface area contributed by atoms with E-state index in [0.29, 0.717) is 24.0 Å². The highest BCUT2D eigenvalue weighted by Crippen LogP contribution is 2.26. The van der Waals surface area contributed by atoms with Gasteiger partial charge in [0.1, 0.15) is 0 Å². The number of thioether (sulfide) groups is 1. The van der Waals surface area contributed by atoms with Crippen molar-refractivity contribution in [3.63, 3.8) is 0 Å². The topological polar surface area (TPSA) is 102 Å². The minimum atomic E-state index is -2.90. The molecule has 0 radical (unpaired) electrons. The largest absolute Gasteiger partial charge is 0.416 e. The van der Waals surface area contributed by atoms with Crippen molar-refractivity contribution in [1.82, 2.24) is 15.5 Å². The average Bonchev–Trinajstić information content (AvgIpc) is 3.05. The van der Waals surface area contributed by atoms with Gasteiger partial charge >= 0.3 is 0 Å². The Bertz CT molecular complexity index is 711. The predicted molar refractivity (Wildman–Crippen MR) is 99.7 cm³/mol. The van der Waals surface area contributed by atoms with E-state index in [4.69, 9.17) is 4.42 Å². The van der Waals surface area contributed by atoms with Gasteiger partial charge in [0.05, 0.1) is 16.8 Å². The second kappa shape index (κ2) is 8.73. The monoisotopic (exact) mass is 401 g/mol. The molecule has 1 saturated carbocycles. The maximum absolute atomic E-state index is 12.4. The molecular formula is C17H27N3O4S2. The van der Waals surface area contributed by atoms with E-state index in [9.17, 15) is 13.2 Å². The summed E-state index contributed by atoms with van der Waals surface area (Å²) >= 11 is 1.25. The van der Waals surface area contributed by atoms with Crippen molar-refractivity contribution in [2.45, 2.75) is 74.8 Å². The molecule has 9 heteroatoms. The van der Waals surface area contributed by atoms with E-state index in [1.54, 1.807) is 0 Å². The molecular weight excluding hydrogens is 374 g/mol. The number of carbonyl (C=O) groups excluding carboxylic acids is 1. The fourth-order valence-electron chi connectivity index (χ4n) is 3.60. The molecule has 0 aromatic carbocycles. The van der Waals surface area contributed by atoms with Gasteiger partial charge in [-0.25, -0.2) is 8.42 Å². The molecule has 0 unspecified atom stereocenters. The Morgan fingerprint density at radius 3 is 2.62 bits per heavy atom. The highest BCUT2D eigenvalue weighted by molar-refractivity contribution is 8.00. The van der Waals surface area contributed by atoms with Crippen molar-refractivity contribution in [3.05, 3.63) is 5.89 Å². The zero-order valence-corrected chi connectivity index (χ0v) is 16.8. The Balaban J connectivity index is 1.47. The third-order valence-electron chi connectivity index (χ3n) is 5.09. The number of hydrogen-bond donors (Lipinski definition) is 1. The Kier molecular flexibility index (Phi) is 6.60. The summed E-state index contributed by atoms with van der Waals surface area (Å²) < 4.78 is 28.7. The van der Waals surface area contributed by atoms with Crippen molar-refractivity contribution in [2.24, 2.45) is 5.92 Å². The summed E-state index contributed by atoms with van der Waals surface area (Å²) in [5, 5.41) is 11.2. The highest BCUT2D eigenvalue weighted by atomic mass is 32.2. The van der Waals surface area contributed by atoms with E-state index >= 15 is 0 Å². The van der Waals surface area contributed by atoms with Gasteiger partial charge in [-0.15, -0.1) is 10.2 Å². The molecule has 3 rings (SSSR count). The van der Waals surface area contributed by atoms with Crippen LogP contribution in [0.15, 0.2) is 9.64 Å². The van der Waals surface area contributed by atoms with E-state index in [2.05, 4.69) is 15.5 Å². The number of carbonyl (C=O) groups is 1. The van der Waals surface area contributed by atoms with Gasteiger partial charge in [-0.05, 0) is 32.1 Å². The van der Waals surface area contributed by atoms with E-state index in [-0.39, 0.29) is 34.6 Å². The van der Waals surface area contributed by atoms with Gasteiger partial charge in [-0.2, -0.15) is 0 Å². The lowest BCUT2D eigenvalue weighted by atomic mass is 10.1. The van der Waals surface area contributed by atoms with E-state index in [0.717, 1.165) is 12.8 Å². The summed E-state index contributed by atoms with van der Waals surface area (Å²) in [5.74, 6) is 0.938.